The van der Waals surface area contributed by atoms with Crippen LogP contribution in [-0.4, -0.2) is 71.5 Å². The van der Waals surface area contributed by atoms with Gasteiger partial charge in [0.15, 0.2) is 0 Å². The number of methoxy groups -OCH3 is 3. The Kier molecular flexibility index (Phi) is 12.0. The van der Waals surface area contributed by atoms with E-state index in [0.29, 0.717) is 28.3 Å². The zero-order chi connectivity index (χ0) is 41.8. The number of aryl methyl sites for hydroxylation is 1. The molecule has 0 fully saturated rings. The molecule has 0 radical (unpaired) electrons. The Labute approximate surface area is 337 Å². The van der Waals surface area contributed by atoms with Gasteiger partial charge in [0.2, 0.25) is 0 Å². The second-order valence-electron chi connectivity index (χ2n) is 13.1. The van der Waals surface area contributed by atoms with Gasteiger partial charge in [-0.2, -0.15) is 0 Å². The van der Waals surface area contributed by atoms with Gasteiger partial charge in [0.05, 0.1) is 36.8 Å². The number of sulfonamides is 3. The third kappa shape index (κ3) is 8.58. The first kappa shape index (κ1) is 41.5. The lowest BCUT2D eigenvalue weighted by molar-refractivity contribution is -0.121. The molecule has 0 saturated carbocycles. The minimum absolute atomic E-state index is 0.0323. The van der Waals surface area contributed by atoms with Crippen LogP contribution in [0.2, 0.25) is 0 Å². The molecule has 0 saturated heterocycles. The van der Waals surface area contributed by atoms with Gasteiger partial charge in [0, 0.05) is 17.8 Å². The molecule has 2 amide bonds. The molecular weight excluding hydrogens is 809 g/mol. The molecule has 0 aliphatic carbocycles. The molecule has 1 heterocycles. The van der Waals surface area contributed by atoms with Crippen molar-refractivity contribution in [1.82, 2.24) is 9.44 Å². The van der Waals surface area contributed by atoms with Gasteiger partial charge in [0.1, 0.15) is 34.7 Å². The largest absolute Gasteiger partial charge is 0.497 e. The number of anilines is 2. The molecule has 58 heavy (non-hydrogen) atoms. The highest BCUT2D eigenvalue weighted by Crippen LogP contribution is 2.42. The van der Waals surface area contributed by atoms with Crippen molar-refractivity contribution in [2.24, 2.45) is 0 Å². The molecule has 1 atom stereocenters. The summed E-state index contributed by atoms with van der Waals surface area (Å²) in [5.41, 5.74) is 1.87. The van der Waals surface area contributed by atoms with Gasteiger partial charge in [-0.3, -0.25) is 13.9 Å². The number of hydrogen-bond acceptors (Lipinski definition) is 12. The number of hydrogen-bond donors (Lipinski definition) is 2. The minimum Gasteiger partial charge on any atom is -0.497 e. The van der Waals surface area contributed by atoms with Crippen LogP contribution in [-0.2, 0) is 46.1 Å². The van der Waals surface area contributed by atoms with Crippen molar-refractivity contribution in [3.63, 3.8) is 0 Å². The van der Waals surface area contributed by atoms with E-state index < -0.39 is 54.5 Å². The van der Waals surface area contributed by atoms with E-state index >= 15 is 0 Å². The van der Waals surface area contributed by atoms with Crippen LogP contribution in [0.5, 0.6) is 17.2 Å². The van der Waals surface area contributed by atoms with Crippen LogP contribution >= 0.6 is 0 Å². The minimum atomic E-state index is -4.58. The molecular formula is C40H40N4O11S3. The standard InChI is InChI=1S/C40H40N4O11S3/c1-27-16-21-37(36(24-27)55-4)57(49,50)42-40(46)39(28-10-8-11-30(25-28)54-3)43-23-22-33-34(43)14-9-15-35(33)44(58(51,52)32-19-17-29(53-2)18-20-32)26-38(45)41-56(47,48)31-12-6-5-7-13-31/h5-21,24-25,39H,22-23,26H2,1-4H3,(H,41,45)(H,42,46). The van der Waals surface area contributed by atoms with E-state index in [9.17, 15) is 34.8 Å². The van der Waals surface area contributed by atoms with E-state index in [2.05, 4.69) is 4.72 Å². The highest BCUT2D eigenvalue weighted by molar-refractivity contribution is 7.93. The van der Waals surface area contributed by atoms with Gasteiger partial charge < -0.3 is 19.1 Å². The summed E-state index contributed by atoms with van der Waals surface area (Å²) in [7, 11) is -9.28. The quantitative estimate of drug-likeness (QED) is 0.152. The molecule has 5 aromatic carbocycles. The molecule has 6 rings (SSSR count). The van der Waals surface area contributed by atoms with E-state index in [-0.39, 0.29) is 39.1 Å². The fourth-order valence-corrected chi connectivity index (χ4v) is 10.2. The molecule has 5 aromatic rings. The zero-order valence-electron chi connectivity index (χ0n) is 31.8. The van der Waals surface area contributed by atoms with Crippen molar-refractivity contribution >= 4 is 53.3 Å². The van der Waals surface area contributed by atoms with Crippen molar-refractivity contribution in [1.29, 1.82) is 0 Å². The SMILES string of the molecule is COc1ccc(S(=O)(=O)N(CC(=O)NS(=O)(=O)c2ccccc2)c2cccc3c2CCN3C(C(=O)NS(=O)(=O)c2ccc(C)cc2OC)c2cccc(OC)c2)cc1. The first-order valence-electron chi connectivity index (χ1n) is 17.6. The smallest absolute Gasteiger partial charge is 0.267 e. The summed E-state index contributed by atoms with van der Waals surface area (Å²) < 4.78 is 104. The Morgan fingerprint density at radius 2 is 1.40 bits per heavy atom. The molecule has 0 aromatic heterocycles. The summed E-state index contributed by atoms with van der Waals surface area (Å²) in [5.74, 6) is -1.27. The molecule has 15 nitrogen and oxygen atoms in total. The molecule has 18 heteroatoms. The maximum Gasteiger partial charge on any atom is 0.267 e. The summed E-state index contributed by atoms with van der Waals surface area (Å²) in [6.45, 7) is 0.908. The third-order valence-electron chi connectivity index (χ3n) is 9.36. The molecule has 2 N–H and O–H groups in total. The second kappa shape index (κ2) is 16.8. The van der Waals surface area contributed by atoms with E-state index in [1.54, 1.807) is 54.3 Å². The lowest BCUT2D eigenvalue weighted by Crippen LogP contribution is -2.43. The summed E-state index contributed by atoms with van der Waals surface area (Å²) in [6.07, 6.45) is 0.135. The van der Waals surface area contributed by atoms with Crippen LogP contribution in [0.25, 0.3) is 0 Å². The van der Waals surface area contributed by atoms with Crippen molar-refractivity contribution < 1.29 is 49.1 Å². The Hall–Kier alpha value is -6.11. The highest BCUT2D eigenvalue weighted by atomic mass is 32.2. The van der Waals surface area contributed by atoms with Crippen LogP contribution in [0.3, 0.4) is 0 Å². The number of nitrogens with zero attached hydrogens (tertiary/aromatic N) is 2. The van der Waals surface area contributed by atoms with Gasteiger partial charge in [0.25, 0.3) is 41.9 Å². The first-order chi connectivity index (χ1) is 27.6. The topological polar surface area (TPSA) is 195 Å². The predicted molar refractivity (Wildman–Crippen MR) is 216 cm³/mol. The number of carbonyl (C=O) groups excluding carboxylic acids is 2. The predicted octanol–water partition coefficient (Wildman–Crippen LogP) is 4.33. The zero-order valence-corrected chi connectivity index (χ0v) is 34.2. The maximum atomic E-state index is 14.5. The van der Waals surface area contributed by atoms with E-state index in [4.69, 9.17) is 14.2 Å². The summed E-state index contributed by atoms with van der Waals surface area (Å²) in [4.78, 5) is 28.9. The van der Waals surface area contributed by atoms with Gasteiger partial charge in [-0.1, -0.05) is 42.5 Å². The molecule has 0 spiro atoms. The number of fused-ring (bicyclic) bond motifs is 1. The maximum absolute atomic E-state index is 14.5. The molecule has 1 aliphatic rings. The molecule has 304 valence electrons. The fourth-order valence-electron chi connectivity index (χ4n) is 6.61. The Morgan fingerprint density at radius 1 is 0.707 bits per heavy atom. The summed E-state index contributed by atoms with van der Waals surface area (Å²) in [5, 5.41) is 0. The van der Waals surface area contributed by atoms with Gasteiger partial charge in [-0.25, -0.2) is 34.7 Å². The summed E-state index contributed by atoms with van der Waals surface area (Å²) >= 11 is 0. The van der Waals surface area contributed by atoms with Crippen LogP contribution in [0.15, 0.2) is 130 Å². The molecule has 0 bridgehead atoms. The average Bonchev–Trinajstić information content (AvgIpc) is 3.63. The number of rotatable bonds is 15. The van der Waals surface area contributed by atoms with Gasteiger partial charge in [-0.05, 0) is 97.3 Å². The van der Waals surface area contributed by atoms with Crippen molar-refractivity contribution in [3.8, 4) is 17.2 Å². The molecule has 1 aliphatic heterocycles. The number of nitrogens with one attached hydrogen (secondary N) is 2. The Morgan fingerprint density at radius 3 is 2.07 bits per heavy atom. The van der Waals surface area contributed by atoms with Gasteiger partial charge >= 0.3 is 0 Å². The van der Waals surface area contributed by atoms with Crippen LogP contribution < -0.4 is 32.9 Å². The third-order valence-corrected chi connectivity index (χ3v) is 13.9. The van der Waals surface area contributed by atoms with Crippen molar-refractivity contribution in [2.45, 2.75) is 34.1 Å². The first-order valence-corrected chi connectivity index (χ1v) is 22.0. The highest BCUT2D eigenvalue weighted by Gasteiger charge is 2.39. The van der Waals surface area contributed by atoms with Crippen molar-refractivity contribution in [2.75, 3.05) is 43.6 Å². The normalized spacial score (nSPS) is 13.2. The fraction of sp³-hybridized carbons (Fsp3) is 0.200. The Bertz CT molecular complexity index is 2680. The number of carbonyl (C=O) groups is 2. The van der Waals surface area contributed by atoms with Crippen LogP contribution in [0, 0.1) is 6.92 Å². The Balaban J connectivity index is 1.43. The monoisotopic (exact) mass is 848 g/mol. The van der Waals surface area contributed by atoms with Gasteiger partial charge in [-0.15, -0.1) is 0 Å². The number of ether oxygens (including phenoxy) is 3. The van der Waals surface area contributed by atoms with E-state index in [1.165, 1.54) is 94.1 Å². The average molecular weight is 849 g/mol. The summed E-state index contributed by atoms with van der Waals surface area (Å²) in [6, 6.07) is 26.9. The van der Waals surface area contributed by atoms with E-state index in [0.717, 1.165) is 9.87 Å². The number of amides is 2. The molecule has 1 unspecified atom stereocenters. The second-order valence-corrected chi connectivity index (χ2v) is 18.2. The lowest BCUT2D eigenvalue weighted by atomic mass is 10.0. The van der Waals surface area contributed by atoms with Crippen LogP contribution in [0.4, 0.5) is 11.4 Å². The number of benzene rings is 5. The van der Waals surface area contributed by atoms with Crippen molar-refractivity contribution in [3.05, 3.63) is 132 Å². The lowest BCUT2D eigenvalue weighted by Gasteiger charge is -2.31. The van der Waals surface area contributed by atoms with E-state index in [1.807, 2.05) is 4.72 Å². The van der Waals surface area contributed by atoms with Crippen LogP contribution in [0.1, 0.15) is 22.7 Å².